The molecular formula is C21H33IN4O3. The van der Waals surface area contributed by atoms with Crippen LogP contribution in [0.1, 0.15) is 37.7 Å². The highest BCUT2D eigenvalue weighted by molar-refractivity contribution is 14.0. The van der Waals surface area contributed by atoms with E-state index in [9.17, 15) is 4.79 Å². The highest BCUT2D eigenvalue weighted by Crippen LogP contribution is 2.28. The number of methoxy groups -OCH3 is 2. The molecule has 1 aromatic rings. The van der Waals surface area contributed by atoms with Crippen LogP contribution < -0.4 is 20.1 Å². The molecule has 1 saturated carbocycles. The fraction of sp³-hybridized carbons (Fsp3) is 0.619. The van der Waals surface area contributed by atoms with Crippen molar-refractivity contribution in [3.8, 4) is 11.5 Å². The minimum absolute atomic E-state index is 0. The Morgan fingerprint density at radius 3 is 2.55 bits per heavy atom. The normalized spacial score (nSPS) is 19.6. The van der Waals surface area contributed by atoms with Gasteiger partial charge in [-0.15, -0.1) is 24.0 Å². The summed E-state index contributed by atoms with van der Waals surface area (Å²) in [4.78, 5) is 19.0. The lowest BCUT2D eigenvalue weighted by molar-refractivity contribution is -0.134. The highest BCUT2D eigenvalue weighted by Gasteiger charge is 2.32. The highest BCUT2D eigenvalue weighted by atomic mass is 127. The van der Waals surface area contributed by atoms with E-state index in [0.717, 1.165) is 43.9 Å². The second-order valence-corrected chi connectivity index (χ2v) is 7.51. The van der Waals surface area contributed by atoms with E-state index in [1.807, 2.05) is 23.1 Å². The summed E-state index contributed by atoms with van der Waals surface area (Å²) in [7, 11) is 5.03. The number of ether oxygens (including phenoxy) is 2. The van der Waals surface area contributed by atoms with Crippen molar-refractivity contribution in [2.45, 2.75) is 44.7 Å². The molecule has 7 nitrogen and oxygen atoms in total. The summed E-state index contributed by atoms with van der Waals surface area (Å²) < 4.78 is 10.6. The van der Waals surface area contributed by atoms with Gasteiger partial charge in [-0.2, -0.15) is 0 Å². The molecule has 2 aliphatic rings. The first kappa shape index (κ1) is 23.6. The third kappa shape index (κ3) is 6.13. The minimum Gasteiger partial charge on any atom is -0.493 e. The molecule has 29 heavy (non-hydrogen) atoms. The van der Waals surface area contributed by atoms with Crippen molar-refractivity contribution in [1.82, 2.24) is 15.5 Å². The van der Waals surface area contributed by atoms with E-state index < -0.39 is 0 Å². The van der Waals surface area contributed by atoms with Crippen LogP contribution in [-0.4, -0.2) is 57.2 Å². The maximum Gasteiger partial charge on any atom is 0.225 e. The van der Waals surface area contributed by atoms with E-state index >= 15 is 0 Å². The maximum absolute atomic E-state index is 12.6. The molecule has 3 rings (SSSR count). The van der Waals surface area contributed by atoms with Gasteiger partial charge in [-0.3, -0.25) is 9.79 Å². The summed E-state index contributed by atoms with van der Waals surface area (Å²) in [6.45, 7) is 2.21. The van der Waals surface area contributed by atoms with E-state index in [1.165, 1.54) is 12.8 Å². The number of nitrogens with one attached hydrogen (secondary N) is 2. The van der Waals surface area contributed by atoms with Gasteiger partial charge in [0.25, 0.3) is 0 Å². The molecule has 1 amide bonds. The second kappa shape index (κ2) is 11.5. The SMILES string of the molecule is CN=C(NCc1ccc(OC)c(OC)c1)NC1CCN(C(=O)C2CCCC2)C1.I. The standard InChI is InChI=1S/C21H32N4O3.HI/c1-22-21(23-13-15-8-9-18(27-2)19(12-15)28-3)24-17-10-11-25(14-17)20(26)16-6-4-5-7-16;/h8-9,12,16-17H,4-7,10-11,13-14H2,1-3H3,(H2,22,23,24);1H. The number of rotatable bonds is 6. The van der Waals surface area contributed by atoms with Crippen LogP contribution in [-0.2, 0) is 11.3 Å². The quantitative estimate of drug-likeness (QED) is 0.346. The molecule has 1 unspecified atom stereocenters. The third-order valence-electron chi connectivity index (χ3n) is 5.68. The molecule has 0 spiro atoms. The van der Waals surface area contributed by atoms with E-state index in [0.29, 0.717) is 24.0 Å². The van der Waals surface area contributed by atoms with Crippen LogP contribution in [0.25, 0.3) is 0 Å². The molecule has 1 heterocycles. The lowest BCUT2D eigenvalue weighted by Gasteiger charge is -2.21. The molecular weight excluding hydrogens is 483 g/mol. The van der Waals surface area contributed by atoms with Crippen molar-refractivity contribution in [2.75, 3.05) is 34.4 Å². The second-order valence-electron chi connectivity index (χ2n) is 7.51. The van der Waals surface area contributed by atoms with E-state index in [-0.39, 0.29) is 35.9 Å². The summed E-state index contributed by atoms with van der Waals surface area (Å²) >= 11 is 0. The van der Waals surface area contributed by atoms with Crippen molar-refractivity contribution >= 4 is 35.8 Å². The zero-order chi connectivity index (χ0) is 19.9. The topological polar surface area (TPSA) is 75.2 Å². The van der Waals surface area contributed by atoms with Crippen LogP contribution in [0.2, 0.25) is 0 Å². The average molecular weight is 516 g/mol. The Balaban J connectivity index is 0.00000300. The van der Waals surface area contributed by atoms with Crippen LogP contribution >= 0.6 is 24.0 Å². The number of guanidine groups is 1. The fourth-order valence-electron chi connectivity index (χ4n) is 4.07. The first-order valence-electron chi connectivity index (χ1n) is 10.1. The van der Waals surface area contributed by atoms with E-state index in [1.54, 1.807) is 21.3 Å². The smallest absolute Gasteiger partial charge is 0.225 e. The van der Waals surface area contributed by atoms with Crippen LogP contribution in [0.5, 0.6) is 11.5 Å². The van der Waals surface area contributed by atoms with Gasteiger partial charge in [-0.1, -0.05) is 18.9 Å². The molecule has 162 valence electrons. The van der Waals surface area contributed by atoms with Gasteiger partial charge in [0.1, 0.15) is 0 Å². The molecule has 8 heteroatoms. The van der Waals surface area contributed by atoms with Gasteiger partial charge in [0.05, 0.1) is 14.2 Å². The predicted octanol–water partition coefficient (Wildman–Crippen LogP) is 2.78. The Hall–Kier alpha value is -1.71. The molecule has 1 aliphatic heterocycles. The number of benzene rings is 1. The van der Waals surface area contributed by atoms with Crippen LogP contribution in [0, 0.1) is 5.92 Å². The molecule has 0 bridgehead atoms. The number of likely N-dealkylation sites (tertiary alicyclic amines) is 1. The Morgan fingerprint density at radius 1 is 1.17 bits per heavy atom. The lowest BCUT2D eigenvalue weighted by atomic mass is 10.1. The largest absolute Gasteiger partial charge is 0.493 e. The number of hydrogen-bond donors (Lipinski definition) is 2. The van der Waals surface area contributed by atoms with Gasteiger partial charge in [-0.05, 0) is 37.0 Å². The molecule has 1 atom stereocenters. The molecule has 2 N–H and O–H groups in total. The molecule has 0 radical (unpaired) electrons. The van der Waals surface area contributed by atoms with Gasteiger partial charge in [0.2, 0.25) is 5.91 Å². The summed E-state index contributed by atoms with van der Waals surface area (Å²) in [6, 6.07) is 6.09. The van der Waals surface area contributed by atoms with Crippen molar-refractivity contribution < 1.29 is 14.3 Å². The summed E-state index contributed by atoms with van der Waals surface area (Å²) in [6.07, 6.45) is 5.46. The Labute approximate surface area is 190 Å². The van der Waals surface area contributed by atoms with Gasteiger partial charge in [0.15, 0.2) is 17.5 Å². The van der Waals surface area contributed by atoms with E-state index in [4.69, 9.17) is 9.47 Å². The maximum atomic E-state index is 12.6. The van der Waals surface area contributed by atoms with Gasteiger partial charge in [-0.25, -0.2) is 0 Å². The molecule has 1 aliphatic carbocycles. The van der Waals surface area contributed by atoms with Crippen LogP contribution in [0.15, 0.2) is 23.2 Å². The summed E-state index contributed by atoms with van der Waals surface area (Å²) in [5.74, 6) is 2.76. The first-order valence-corrected chi connectivity index (χ1v) is 10.1. The van der Waals surface area contributed by atoms with E-state index in [2.05, 4.69) is 15.6 Å². The Bertz CT molecular complexity index is 707. The number of carbonyl (C=O) groups is 1. The number of amides is 1. The predicted molar refractivity (Wildman–Crippen MR) is 125 cm³/mol. The third-order valence-corrected chi connectivity index (χ3v) is 5.68. The van der Waals surface area contributed by atoms with Crippen molar-refractivity contribution in [1.29, 1.82) is 0 Å². The van der Waals surface area contributed by atoms with Gasteiger partial charge in [0, 0.05) is 38.6 Å². The Kier molecular flexibility index (Phi) is 9.32. The lowest BCUT2D eigenvalue weighted by Crippen LogP contribution is -2.45. The van der Waals surface area contributed by atoms with Crippen LogP contribution in [0.4, 0.5) is 0 Å². The number of carbonyl (C=O) groups excluding carboxylic acids is 1. The number of halogens is 1. The average Bonchev–Trinajstić information content (AvgIpc) is 3.42. The first-order chi connectivity index (χ1) is 13.6. The monoisotopic (exact) mass is 516 g/mol. The fourth-order valence-corrected chi connectivity index (χ4v) is 4.07. The van der Waals surface area contributed by atoms with Crippen molar-refractivity contribution in [3.05, 3.63) is 23.8 Å². The minimum atomic E-state index is 0. The summed E-state index contributed by atoms with van der Waals surface area (Å²) in [5, 5.41) is 6.79. The van der Waals surface area contributed by atoms with Crippen molar-refractivity contribution in [3.63, 3.8) is 0 Å². The van der Waals surface area contributed by atoms with Gasteiger partial charge >= 0.3 is 0 Å². The molecule has 0 aromatic heterocycles. The zero-order valence-corrected chi connectivity index (χ0v) is 19.9. The summed E-state index contributed by atoms with van der Waals surface area (Å²) in [5.41, 5.74) is 1.07. The van der Waals surface area contributed by atoms with Crippen LogP contribution in [0.3, 0.4) is 0 Å². The number of hydrogen-bond acceptors (Lipinski definition) is 4. The number of aliphatic imine (C=N–C) groups is 1. The molecule has 2 fully saturated rings. The number of nitrogens with zero attached hydrogens (tertiary/aromatic N) is 2. The van der Waals surface area contributed by atoms with Crippen molar-refractivity contribution in [2.24, 2.45) is 10.9 Å². The molecule has 1 saturated heterocycles. The zero-order valence-electron chi connectivity index (χ0n) is 17.6. The molecule has 1 aromatic carbocycles. The van der Waals surface area contributed by atoms with Gasteiger partial charge < -0.3 is 25.0 Å². The Morgan fingerprint density at radius 2 is 1.90 bits per heavy atom.